The molecule has 80 valence electrons. The Hall–Kier alpha value is -1.20. The summed E-state index contributed by atoms with van der Waals surface area (Å²) in [6, 6.07) is 7.29. The van der Waals surface area contributed by atoms with Gasteiger partial charge in [-0.1, -0.05) is 0 Å². The summed E-state index contributed by atoms with van der Waals surface area (Å²) in [5, 5.41) is 0. The molecule has 0 unspecified atom stereocenters. The number of nitrogens with two attached hydrogens (primary N) is 1. The molecule has 0 amide bonds. The fraction of sp³-hybridized carbons (Fsp3) is 0.300. The number of nitrogen functional groups attached to an aromatic ring is 1. The molecule has 1 heterocycles. The molecule has 4 nitrogen and oxygen atoms in total. The lowest BCUT2D eigenvalue weighted by atomic mass is 10.3. The van der Waals surface area contributed by atoms with Crippen LogP contribution < -0.4 is 10.5 Å². The lowest BCUT2D eigenvalue weighted by Crippen LogP contribution is -2.27. The first-order valence-corrected chi connectivity index (χ1v) is 5.52. The topological polar surface area (TPSA) is 64.3 Å². The summed E-state index contributed by atoms with van der Waals surface area (Å²) in [6.07, 6.45) is 0.737. The predicted octanol–water partition coefficient (Wildman–Crippen LogP) is 1.18. The Labute approximate surface area is 92.3 Å². The number of cyclic esters (lactones) is 1. The van der Waals surface area contributed by atoms with Gasteiger partial charge in [0.1, 0.15) is 6.04 Å². The van der Waals surface area contributed by atoms with E-state index in [1.807, 2.05) is 24.3 Å². The van der Waals surface area contributed by atoms with Gasteiger partial charge >= 0.3 is 5.97 Å². The van der Waals surface area contributed by atoms with Crippen LogP contribution in [0.25, 0.3) is 0 Å². The molecular weight excluding hydrogens is 212 g/mol. The van der Waals surface area contributed by atoms with Crippen LogP contribution in [-0.4, -0.2) is 18.6 Å². The lowest BCUT2D eigenvalue weighted by Gasteiger charge is -2.07. The zero-order chi connectivity index (χ0) is 10.7. The van der Waals surface area contributed by atoms with Crippen LogP contribution in [0, 0.1) is 0 Å². The molecule has 3 N–H and O–H groups in total. The van der Waals surface area contributed by atoms with Gasteiger partial charge in [-0.2, -0.15) is 0 Å². The lowest BCUT2D eigenvalue weighted by molar-refractivity contribution is -0.139. The first kappa shape index (κ1) is 10.3. The van der Waals surface area contributed by atoms with Crippen molar-refractivity contribution in [3.63, 3.8) is 0 Å². The number of anilines is 1. The normalized spacial score (nSPS) is 20.3. The fourth-order valence-corrected chi connectivity index (χ4v) is 2.04. The van der Waals surface area contributed by atoms with Gasteiger partial charge in [0.15, 0.2) is 0 Å². The van der Waals surface area contributed by atoms with E-state index in [1.54, 1.807) is 0 Å². The number of carbonyl (C=O) groups is 1. The second kappa shape index (κ2) is 4.55. The molecule has 1 aromatic carbocycles. The van der Waals surface area contributed by atoms with Crippen LogP contribution in [0.3, 0.4) is 0 Å². The highest BCUT2D eigenvalue weighted by atomic mass is 32.2. The Bertz CT molecular complexity index is 353. The van der Waals surface area contributed by atoms with E-state index >= 15 is 0 Å². The molecule has 1 aliphatic heterocycles. The highest BCUT2D eigenvalue weighted by molar-refractivity contribution is 7.97. The van der Waals surface area contributed by atoms with E-state index in [0.717, 1.165) is 17.0 Å². The Morgan fingerprint density at radius 3 is 2.73 bits per heavy atom. The summed E-state index contributed by atoms with van der Waals surface area (Å²) in [6.45, 7) is 0.513. The molecule has 1 aromatic rings. The van der Waals surface area contributed by atoms with Crippen LogP contribution in [0.15, 0.2) is 29.2 Å². The highest BCUT2D eigenvalue weighted by Crippen LogP contribution is 2.19. The Balaban J connectivity index is 1.87. The molecule has 1 saturated heterocycles. The van der Waals surface area contributed by atoms with Crippen molar-refractivity contribution in [2.75, 3.05) is 12.3 Å². The molecule has 5 heteroatoms. The first-order chi connectivity index (χ1) is 7.25. The molecule has 1 fully saturated rings. The van der Waals surface area contributed by atoms with Crippen molar-refractivity contribution in [1.82, 2.24) is 4.72 Å². The smallest absolute Gasteiger partial charge is 0.324 e. The number of nitrogens with one attached hydrogen (secondary N) is 1. The molecule has 0 aliphatic carbocycles. The zero-order valence-corrected chi connectivity index (χ0v) is 8.92. The molecule has 0 spiro atoms. The van der Waals surface area contributed by atoms with E-state index in [2.05, 4.69) is 4.72 Å². The van der Waals surface area contributed by atoms with E-state index < -0.39 is 0 Å². The van der Waals surface area contributed by atoms with Crippen molar-refractivity contribution in [1.29, 1.82) is 0 Å². The average molecular weight is 224 g/mol. The van der Waals surface area contributed by atoms with Gasteiger partial charge in [0.25, 0.3) is 0 Å². The number of carbonyl (C=O) groups excluding carboxylic acids is 1. The van der Waals surface area contributed by atoms with E-state index in [-0.39, 0.29) is 12.0 Å². The molecule has 1 aliphatic rings. The minimum absolute atomic E-state index is 0.169. The van der Waals surface area contributed by atoms with Gasteiger partial charge < -0.3 is 10.5 Å². The van der Waals surface area contributed by atoms with Crippen molar-refractivity contribution >= 4 is 23.6 Å². The monoisotopic (exact) mass is 224 g/mol. The summed E-state index contributed by atoms with van der Waals surface area (Å²) < 4.78 is 7.91. The fourth-order valence-electron chi connectivity index (χ4n) is 1.28. The quantitative estimate of drug-likeness (QED) is 0.458. The SMILES string of the molecule is Nc1ccc(SN[C@H]2CCOC2=O)cc1. The zero-order valence-electron chi connectivity index (χ0n) is 8.10. The van der Waals surface area contributed by atoms with Gasteiger partial charge in [0.2, 0.25) is 0 Å². The van der Waals surface area contributed by atoms with Gasteiger partial charge in [-0.3, -0.25) is 4.79 Å². The number of rotatable bonds is 3. The Morgan fingerprint density at radius 1 is 1.40 bits per heavy atom. The third-order valence-electron chi connectivity index (χ3n) is 2.13. The molecule has 0 radical (unpaired) electrons. The summed E-state index contributed by atoms with van der Waals surface area (Å²) >= 11 is 1.42. The largest absolute Gasteiger partial charge is 0.464 e. The van der Waals surface area contributed by atoms with Crippen molar-refractivity contribution in [2.24, 2.45) is 0 Å². The first-order valence-electron chi connectivity index (χ1n) is 4.70. The molecule has 15 heavy (non-hydrogen) atoms. The predicted molar refractivity (Wildman–Crippen MR) is 59.2 cm³/mol. The van der Waals surface area contributed by atoms with Crippen molar-refractivity contribution < 1.29 is 9.53 Å². The number of hydrogen-bond donors (Lipinski definition) is 2. The van der Waals surface area contributed by atoms with Crippen LogP contribution in [-0.2, 0) is 9.53 Å². The maximum Gasteiger partial charge on any atom is 0.324 e. The molecule has 0 bridgehead atoms. The molecule has 0 aromatic heterocycles. The summed E-state index contributed by atoms with van der Waals surface area (Å²) in [7, 11) is 0. The average Bonchev–Trinajstić information content (AvgIpc) is 2.63. The van der Waals surface area contributed by atoms with E-state index in [9.17, 15) is 4.79 Å². The standard InChI is InChI=1S/C10H12N2O2S/c11-7-1-3-8(4-2-7)15-12-9-5-6-14-10(9)13/h1-4,9,12H,5-6,11H2/t9-/m0/s1. The minimum Gasteiger partial charge on any atom is -0.464 e. The third-order valence-corrected chi connectivity index (χ3v) is 3.04. The second-order valence-corrected chi connectivity index (χ2v) is 4.21. The number of benzene rings is 1. The Morgan fingerprint density at radius 2 is 2.13 bits per heavy atom. The van der Waals surface area contributed by atoms with Crippen LogP contribution in [0.5, 0.6) is 0 Å². The highest BCUT2D eigenvalue weighted by Gasteiger charge is 2.25. The number of ether oxygens (including phenoxy) is 1. The van der Waals surface area contributed by atoms with Gasteiger partial charge in [-0.05, 0) is 36.2 Å². The second-order valence-electron chi connectivity index (χ2n) is 3.30. The van der Waals surface area contributed by atoms with Gasteiger partial charge in [-0.25, -0.2) is 4.72 Å². The van der Waals surface area contributed by atoms with E-state index in [1.165, 1.54) is 11.9 Å². The van der Waals surface area contributed by atoms with Crippen molar-refractivity contribution in [3.05, 3.63) is 24.3 Å². The Kier molecular flexibility index (Phi) is 3.13. The molecular formula is C10H12N2O2S. The third kappa shape index (κ3) is 2.64. The summed E-state index contributed by atoms with van der Waals surface area (Å²) in [5.41, 5.74) is 6.30. The molecule has 1 atom stereocenters. The number of hydrogen-bond acceptors (Lipinski definition) is 5. The van der Waals surface area contributed by atoms with Gasteiger partial charge in [0, 0.05) is 17.0 Å². The summed E-state index contributed by atoms with van der Waals surface area (Å²) in [5.74, 6) is -0.169. The molecule has 2 rings (SSSR count). The van der Waals surface area contributed by atoms with Gasteiger partial charge in [-0.15, -0.1) is 0 Å². The van der Waals surface area contributed by atoms with Crippen LogP contribution >= 0.6 is 11.9 Å². The van der Waals surface area contributed by atoms with Crippen LogP contribution in [0.1, 0.15) is 6.42 Å². The van der Waals surface area contributed by atoms with Crippen LogP contribution in [0.2, 0.25) is 0 Å². The molecule has 0 saturated carbocycles. The maximum absolute atomic E-state index is 11.1. The minimum atomic E-state index is -0.187. The van der Waals surface area contributed by atoms with E-state index in [4.69, 9.17) is 10.5 Å². The number of esters is 1. The van der Waals surface area contributed by atoms with Gasteiger partial charge in [0.05, 0.1) is 6.61 Å². The van der Waals surface area contributed by atoms with Crippen molar-refractivity contribution in [3.8, 4) is 0 Å². The maximum atomic E-state index is 11.1. The summed E-state index contributed by atoms with van der Waals surface area (Å²) in [4.78, 5) is 12.2. The van der Waals surface area contributed by atoms with E-state index in [0.29, 0.717) is 6.61 Å². The van der Waals surface area contributed by atoms with Crippen molar-refractivity contribution in [2.45, 2.75) is 17.4 Å². The van der Waals surface area contributed by atoms with Crippen LogP contribution in [0.4, 0.5) is 5.69 Å².